The van der Waals surface area contributed by atoms with Crippen molar-refractivity contribution in [2.24, 2.45) is 0 Å². The van der Waals surface area contributed by atoms with Crippen molar-refractivity contribution in [1.29, 1.82) is 0 Å². The molecule has 102 valence electrons. The topological polar surface area (TPSA) is 55.0 Å². The maximum absolute atomic E-state index is 11.4. The van der Waals surface area contributed by atoms with Gasteiger partial charge in [-0.3, -0.25) is 4.79 Å². The van der Waals surface area contributed by atoms with Gasteiger partial charge < -0.3 is 4.74 Å². The van der Waals surface area contributed by atoms with E-state index in [1.165, 1.54) is 12.8 Å². The summed E-state index contributed by atoms with van der Waals surface area (Å²) < 4.78 is 4.94. The van der Waals surface area contributed by atoms with E-state index >= 15 is 0 Å². The second kappa shape index (κ2) is 6.48. The minimum Gasteiger partial charge on any atom is -0.381 e. The number of nitrogens with zero attached hydrogens (tertiary/aromatic N) is 1. The molecule has 1 aliphatic rings. The molecule has 1 aliphatic heterocycles. The van der Waals surface area contributed by atoms with Crippen LogP contribution in [0, 0.1) is 0 Å². The Morgan fingerprint density at radius 2 is 1.79 bits per heavy atom. The standard InChI is InChI=1S/C11H12N2O.C4H8O/c1-7(2)10-8-5-3-4-6-9(8)11(14)13-12-10;1-2-4-5-3-1/h3-7H,1-2H3,(H,13,14);1-4H2. The van der Waals surface area contributed by atoms with Gasteiger partial charge in [0.1, 0.15) is 0 Å². The molecule has 1 N–H and O–H groups in total. The molecule has 19 heavy (non-hydrogen) atoms. The molecule has 0 aliphatic carbocycles. The van der Waals surface area contributed by atoms with Crippen molar-refractivity contribution in [2.75, 3.05) is 13.2 Å². The summed E-state index contributed by atoms with van der Waals surface area (Å²) in [5.74, 6) is 0.316. The zero-order valence-corrected chi connectivity index (χ0v) is 11.5. The van der Waals surface area contributed by atoms with Crippen LogP contribution in [0.1, 0.15) is 38.3 Å². The van der Waals surface area contributed by atoms with Gasteiger partial charge in [0.25, 0.3) is 5.56 Å². The van der Waals surface area contributed by atoms with Crippen molar-refractivity contribution < 1.29 is 4.74 Å². The van der Waals surface area contributed by atoms with E-state index in [-0.39, 0.29) is 5.56 Å². The first-order valence-corrected chi connectivity index (χ1v) is 6.75. The van der Waals surface area contributed by atoms with E-state index in [1.54, 1.807) is 0 Å². The van der Waals surface area contributed by atoms with Crippen molar-refractivity contribution in [3.8, 4) is 0 Å². The quantitative estimate of drug-likeness (QED) is 0.857. The molecule has 0 atom stereocenters. The zero-order valence-electron chi connectivity index (χ0n) is 11.5. The first-order valence-electron chi connectivity index (χ1n) is 6.75. The molecule has 4 nitrogen and oxygen atoms in total. The molecule has 0 amide bonds. The highest BCUT2D eigenvalue weighted by Gasteiger charge is 2.08. The molecule has 3 rings (SSSR count). The second-order valence-corrected chi connectivity index (χ2v) is 4.96. The Labute approximate surface area is 112 Å². The summed E-state index contributed by atoms with van der Waals surface area (Å²) in [6, 6.07) is 7.55. The van der Waals surface area contributed by atoms with Gasteiger partial charge in [0.15, 0.2) is 0 Å². The fourth-order valence-electron chi connectivity index (χ4n) is 2.09. The number of H-pyrrole nitrogens is 1. The van der Waals surface area contributed by atoms with Crippen molar-refractivity contribution in [2.45, 2.75) is 32.6 Å². The molecule has 0 spiro atoms. The van der Waals surface area contributed by atoms with Gasteiger partial charge >= 0.3 is 0 Å². The van der Waals surface area contributed by atoms with E-state index in [0.29, 0.717) is 11.3 Å². The van der Waals surface area contributed by atoms with Crippen LogP contribution in [-0.2, 0) is 4.74 Å². The molecule has 1 saturated heterocycles. The van der Waals surface area contributed by atoms with Crippen molar-refractivity contribution in [1.82, 2.24) is 10.2 Å². The lowest BCUT2D eigenvalue weighted by Gasteiger charge is -2.06. The highest BCUT2D eigenvalue weighted by atomic mass is 16.5. The molecule has 0 radical (unpaired) electrons. The minimum absolute atomic E-state index is 0.120. The number of fused-ring (bicyclic) bond motifs is 1. The van der Waals surface area contributed by atoms with Crippen LogP contribution < -0.4 is 5.56 Å². The number of nitrogens with one attached hydrogen (secondary N) is 1. The van der Waals surface area contributed by atoms with Crippen molar-refractivity contribution >= 4 is 10.8 Å². The third kappa shape index (κ3) is 3.41. The Hall–Kier alpha value is -1.68. The van der Waals surface area contributed by atoms with E-state index in [2.05, 4.69) is 24.0 Å². The van der Waals surface area contributed by atoms with Gasteiger partial charge in [-0.15, -0.1) is 0 Å². The summed E-state index contributed by atoms with van der Waals surface area (Å²) in [6.45, 7) is 6.13. The average Bonchev–Trinajstić information content (AvgIpc) is 2.98. The van der Waals surface area contributed by atoms with Crippen LogP contribution in [-0.4, -0.2) is 23.4 Å². The van der Waals surface area contributed by atoms with Gasteiger partial charge in [0.05, 0.1) is 11.1 Å². The van der Waals surface area contributed by atoms with Gasteiger partial charge in [0.2, 0.25) is 0 Å². The molecule has 0 bridgehead atoms. The molecule has 1 fully saturated rings. The third-order valence-corrected chi connectivity index (χ3v) is 3.10. The van der Waals surface area contributed by atoms with Gasteiger partial charge in [-0.2, -0.15) is 5.10 Å². The number of rotatable bonds is 1. The maximum atomic E-state index is 11.4. The zero-order chi connectivity index (χ0) is 13.7. The van der Waals surface area contributed by atoms with Gasteiger partial charge in [0, 0.05) is 18.6 Å². The van der Waals surface area contributed by atoms with Crippen LogP contribution in [0.5, 0.6) is 0 Å². The summed E-state index contributed by atoms with van der Waals surface area (Å²) in [7, 11) is 0. The first-order chi connectivity index (χ1) is 9.20. The number of benzene rings is 1. The molecular formula is C15H20N2O2. The molecule has 2 aromatic rings. The molecule has 0 saturated carbocycles. The highest BCUT2D eigenvalue weighted by Crippen LogP contribution is 2.19. The number of hydrogen-bond donors (Lipinski definition) is 1. The van der Waals surface area contributed by atoms with Crippen LogP contribution in [0.15, 0.2) is 29.1 Å². The van der Waals surface area contributed by atoms with Crippen LogP contribution in [0.25, 0.3) is 10.8 Å². The maximum Gasteiger partial charge on any atom is 0.272 e. The van der Waals surface area contributed by atoms with E-state index in [1.807, 2.05) is 24.3 Å². The summed E-state index contributed by atoms with van der Waals surface area (Å²) in [6.07, 6.45) is 2.56. The second-order valence-electron chi connectivity index (χ2n) is 4.96. The summed E-state index contributed by atoms with van der Waals surface area (Å²) in [5.41, 5.74) is 0.824. The third-order valence-electron chi connectivity index (χ3n) is 3.10. The fraction of sp³-hybridized carbons (Fsp3) is 0.467. The molecule has 0 unspecified atom stereocenters. The monoisotopic (exact) mass is 260 g/mol. The van der Waals surface area contributed by atoms with Crippen LogP contribution >= 0.6 is 0 Å². The summed E-state index contributed by atoms with van der Waals surface area (Å²) in [5, 5.41) is 8.25. The molecule has 1 aromatic heterocycles. The van der Waals surface area contributed by atoms with Crippen molar-refractivity contribution in [3.05, 3.63) is 40.3 Å². The van der Waals surface area contributed by atoms with E-state index in [0.717, 1.165) is 24.3 Å². The SMILES string of the molecule is C1CCOC1.CC(C)c1n[nH]c(=O)c2ccccc12. The summed E-state index contributed by atoms with van der Waals surface area (Å²) >= 11 is 0. The smallest absolute Gasteiger partial charge is 0.272 e. The Bertz CT molecular complexity index is 578. The lowest BCUT2D eigenvalue weighted by atomic mass is 10.0. The Balaban J connectivity index is 0.000000224. The van der Waals surface area contributed by atoms with Crippen molar-refractivity contribution in [3.63, 3.8) is 0 Å². The first kappa shape index (κ1) is 13.7. The number of aromatic nitrogens is 2. The van der Waals surface area contributed by atoms with Gasteiger partial charge in [-0.25, -0.2) is 5.10 Å². The van der Waals surface area contributed by atoms with Gasteiger partial charge in [-0.1, -0.05) is 32.0 Å². The van der Waals surface area contributed by atoms with Crippen LogP contribution in [0.3, 0.4) is 0 Å². The minimum atomic E-state index is -0.120. The molecule has 4 heteroatoms. The predicted molar refractivity (Wildman–Crippen MR) is 76.5 cm³/mol. The van der Waals surface area contributed by atoms with E-state index in [9.17, 15) is 4.79 Å². The average molecular weight is 260 g/mol. The molecule has 1 aromatic carbocycles. The number of ether oxygens (including phenoxy) is 1. The van der Waals surface area contributed by atoms with Gasteiger partial charge in [-0.05, 0) is 24.8 Å². The largest absolute Gasteiger partial charge is 0.381 e. The number of hydrogen-bond acceptors (Lipinski definition) is 3. The van der Waals surface area contributed by atoms with Crippen LogP contribution in [0.4, 0.5) is 0 Å². The molecular weight excluding hydrogens is 240 g/mol. The summed E-state index contributed by atoms with van der Waals surface area (Å²) in [4.78, 5) is 11.4. The highest BCUT2D eigenvalue weighted by molar-refractivity contribution is 5.83. The van der Waals surface area contributed by atoms with Crippen LogP contribution in [0.2, 0.25) is 0 Å². The normalized spacial score (nSPS) is 14.5. The fourth-order valence-corrected chi connectivity index (χ4v) is 2.09. The Morgan fingerprint density at radius 3 is 2.32 bits per heavy atom. The lowest BCUT2D eigenvalue weighted by Crippen LogP contribution is -2.11. The molecule has 2 heterocycles. The predicted octanol–water partition coefficient (Wildman–Crippen LogP) is 2.84. The lowest BCUT2D eigenvalue weighted by molar-refractivity contribution is 0.198. The Kier molecular flexibility index (Phi) is 4.68. The number of aromatic amines is 1. The van der Waals surface area contributed by atoms with E-state index < -0.39 is 0 Å². The van der Waals surface area contributed by atoms with E-state index in [4.69, 9.17) is 4.74 Å². The Morgan fingerprint density at radius 1 is 1.16 bits per heavy atom.